The number of nitrogens with zero attached hydrogens (tertiary/aromatic N) is 2. The molecule has 1 aliphatic rings. The number of nitrogens with one attached hydrogen (secondary N) is 1. The molecule has 34 heavy (non-hydrogen) atoms. The predicted octanol–water partition coefficient (Wildman–Crippen LogP) is 4.63. The summed E-state index contributed by atoms with van der Waals surface area (Å²) >= 11 is 5.18. The lowest BCUT2D eigenvalue weighted by molar-refractivity contribution is -0.122. The zero-order valence-corrected chi connectivity index (χ0v) is 19.5. The average Bonchev–Trinajstić information content (AvgIpc) is 3.08. The predicted molar refractivity (Wildman–Crippen MR) is 134 cm³/mol. The minimum absolute atomic E-state index is 0.0914. The van der Waals surface area contributed by atoms with Crippen molar-refractivity contribution >= 4 is 40.9 Å². The number of anilines is 1. The SMILES string of the molecule is C=CCOc1ccc(-n2c(C)cc(/C=C3\C(=O)NC(=S)N(c4cccc(F)c4)C3=O)c2C)cc1. The fraction of sp³-hybridized carbons (Fsp3) is 0.115. The minimum atomic E-state index is -0.618. The number of benzene rings is 2. The second kappa shape index (κ2) is 9.44. The molecule has 3 aromatic rings. The molecule has 0 saturated carbocycles. The first-order valence-electron chi connectivity index (χ1n) is 10.5. The molecule has 0 bridgehead atoms. The summed E-state index contributed by atoms with van der Waals surface area (Å²) in [7, 11) is 0. The fourth-order valence-electron chi connectivity index (χ4n) is 3.84. The van der Waals surface area contributed by atoms with Crippen molar-refractivity contribution < 1.29 is 18.7 Å². The van der Waals surface area contributed by atoms with Gasteiger partial charge < -0.3 is 9.30 Å². The number of rotatable bonds is 6. The Labute approximate surface area is 201 Å². The molecule has 1 aromatic heterocycles. The maximum atomic E-state index is 13.7. The molecule has 4 rings (SSSR count). The number of ether oxygens (including phenoxy) is 1. The lowest BCUT2D eigenvalue weighted by Crippen LogP contribution is -2.54. The molecule has 0 aliphatic carbocycles. The second-order valence-corrected chi connectivity index (χ2v) is 8.08. The monoisotopic (exact) mass is 475 g/mol. The lowest BCUT2D eigenvalue weighted by atomic mass is 10.1. The van der Waals surface area contributed by atoms with Crippen molar-refractivity contribution in [3.8, 4) is 11.4 Å². The van der Waals surface area contributed by atoms with E-state index in [-0.39, 0.29) is 16.4 Å². The van der Waals surface area contributed by atoms with Gasteiger partial charge in [0, 0.05) is 17.1 Å². The second-order valence-electron chi connectivity index (χ2n) is 7.69. The van der Waals surface area contributed by atoms with Crippen LogP contribution in [0.15, 0.2) is 72.8 Å². The number of halogens is 1. The summed E-state index contributed by atoms with van der Waals surface area (Å²) in [6, 6.07) is 15.0. The lowest BCUT2D eigenvalue weighted by Gasteiger charge is -2.28. The quantitative estimate of drug-likeness (QED) is 0.244. The highest BCUT2D eigenvalue weighted by molar-refractivity contribution is 7.80. The van der Waals surface area contributed by atoms with Crippen molar-refractivity contribution in [1.29, 1.82) is 0 Å². The van der Waals surface area contributed by atoms with Gasteiger partial charge in [-0.15, -0.1) is 0 Å². The molecule has 0 unspecified atom stereocenters. The van der Waals surface area contributed by atoms with Crippen LogP contribution < -0.4 is 15.0 Å². The van der Waals surface area contributed by atoms with E-state index in [1.807, 2.05) is 48.7 Å². The van der Waals surface area contributed by atoms with Crippen molar-refractivity contribution in [3.05, 3.63) is 95.6 Å². The van der Waals surface area contributed by atoms with E-state index in [2.05, 4.69) is 11.9 Å². The third-order valence-electron chi connectivity index (χ3n) is 5.40. The van der Waals surface area contributed by atoms with Crippen LogP contribution >= 0.6 is 12.2 Å². The number of carbonyl (C=O) groups is 2. The third kappa shape index (κ3) is 4.40. The molecule has 0 radical (unpaired) electrons. The summed E-state index contributed by atoms with van der Waals surface area (Å²) in [5, 5.41) is 2.43. The Balaban J connectivity index is 1.69. The van der Waals surface area contributed by atoms with Gasteiger partial charge in [0.05, 0.1) is 5.69 Å². The molecule has 2 heterocycles. The van der Waals surface area contributed by atoms with E-state index in [0.29, 0.717) is 12.2 Å². The highest BCUT2D eigenvalue weighted by Gasteiger charge is 2.34. The number of carbonyl (C=O) groups excluding carboxylic acids is 2. The van der Waals surface area contributed by atoms with Gasteiger partial charge in [0.25, 0.3) is 11.8 Å². The van der Waals surface area contributed by atoms with Crippen LogP contribution in [-0.4, -0.2) is 28.1 Å². The number of hydrogen-bond donors (Lipinski definition) is 1. The van der Waals surface area contributed by atoms with Crippen molar-refractivity contribution in [3.63, 3.8) is 0 Å². The van der Waals surface area contributed by atoms with Gasteiger partial charge in [-0.25, -0.2) is 4.39 Å². The molecule has 1 aliphatic heterocycles. The van der Waals surface area contributed by atoms with Gasteiger partial charge in [0.15, 0.2) is 5.11 Å². The Morgan fingerprint density at radius 3 is 2.50 bits per heavy atom. The van der Waals surface area contributed by atoms with Crippen molar-refractivity contribution in [2.45, 2.75) is 13.8 Å². The van der Waals surface area contributed by atoms with Gasteiger partial charge in [-0.1, -0.05) is 18.7 Å². The third-order valence-corrected chi connectivity index (χ3v) is 5.69. The largest absolute Gasteiger partial charge is 0.490 e. The summed E-state index contributed by atoms with van der Waals surface area (Å²) in [5.41, 5.74) is 3.53. The minimum Gasteiger partial charge on any atom is -0.490 e. The first-order valence-corrected chi connectivity index (χ1v) is 10.9. The average molecular weight is 476 g/mol. The topological polar surface area (TPSA) is 63.6 Å². The van der Waals surface area contributed by atoms with Gasteiger partial charge in [-0.2, -0.15) is 0 Å². The van der Waals surface area contributed by atoms with Crippen LogP contribution in [0, 0.1) is 19.7 Å². The highest BCUT2D eigenvalue weighted by Crippen LogP contribution is 2.27. The Morgan fingerprint density at radius 2 is 1.82 bits per heavy atom. The van der Waals surface area contributed by atoms with E-state index in [0.717, 1.165) is 27.7 Å². The Hall–Kier alpha value is -4.04. The molecule has 1 saturated heterocycles. The number of hydrogen-bond acceptors (Lipinski definition) is 4. The van der Waals surface area contributed by atoms with Crippen LogP contribution in [0.1, 0.15) is 17.0 Å². The van der Waals surface area contributed by atoms with E-state index in [4.69, 9.17) is 17.0 Å². The van der Waals surface area contributed by atoms with Crippen LogP contribution in [0.2, 0.25) is 0 Å². The summed E-state index contributed by atoms with van der Waals surface area (Å²) in [6.45, 7) is 7.91. The molecule has 6 nitrogen and oxygen atoms in total. The Morgan fingerprint density at radius 1 is 1.09 bits per heavy atom. The molecule has 2 amide bonds. The van der Waals surface area contributed by atoms with E-state index < -0.39 is 17.6 Å². The van der Waals surface area contributed by atoms with Crippen LogP contribution in [0.4, 0.5) is 10.1 Å². The summed E-state index contributed by atoms with van der Waals surface area (Å²) in [6.07, 6.45) is 3.21. The van der Waals surface area contributed by atoms with E-state index in [1.165, 1.54) is 24.3 Å². The standard InChI is InChI=1S/C26H22FN3O3S/c1-4-12-33-22-10-8-20(9-11-22)29-16(2)13-18(17(29)3)14-23-24(31)28-26(34)30(25(23)32)21-7-5-6-19(27)15-21/h4-11,13-15H,1,12H2,2-3H3,(H,28,31,34)/b23-14+. The smallest absolute Gasteiger partial charge is 0.270 e. The number of thiocarbonyl (C=S) groups is 1. The van der Waals surface area contributed by atoms with Gasteiger partial charge in [0.1, 0.15) is 23.7 Å². The van der Waals surface area contributed by atoms with Crippen molar-refractivity contribution in [1.82, 2.24) is 9.88 Å². The number of aromatic nitrogens is 1. The van der Waals surface area contributed by atoms with Gasteiger partial charge in [0.2, 0.25) is 0 Å². The molecule has 0 atom stereocenters. The maximum absolute atomic E-state index is 13.7. The van der Waals surface area contributed by atoms with Crippen molar-refractivity contribution in [2.24, 2.45) is 0 Å². The number of aryl methyl sites for hydroxylation is 1. The zero-order chi connectivity index (χ0) is 24.4. The van der Waals surface area contributed by atoms with Crippen LogP contribution in [0.25, 0.3) is 11.8 Å². The van der Waals surface area contributed by atoms with E-state index in [1.54, 1.807) is 12.1 Å². The molecular weight excluding hydrogens is 453 g/mol. The molecule has 2 aromatic carbocycles. The molecule has 8 heteroatoms. The first kappa shape index (κ1) is 23.1. The molecular formula is C26H22FN3O3S. The van der Waals surface area contributed by atoms with Crippen LogP contribution in [0.5, 0.6) is 5.75 Å². The first-order chi connectivity index (χ1) is 16.3. The molecule has 1 N–H and O–H groups in total. The van der Waals surface area contributed by atoms with E-state index in [9.17, 15) is 14.0 Å². The van der Waals surface area contributed by atoms with E-state index >= 15 is 0 Å². The Kier molecular flexibility index (Phi) is 6.43. The molecule has 172 valence electrons. The highest BCUT2D eigenvalue weighted by atomic mass is 32.1. The Bertz CT molecular complexity index is 1340. The summed E-state index contributed by atoms with van der Waals surface area (Å²) in [5.74, 6) is -1.00. The van der Waals surface area contributed by atoms with Crippen LogP contribution in [-0.2, 0) is 9.59 Å². The normalized spacial score (nSPS) is 15.0. The summed E-state index contributed by atoms with van der Waals surface area (Å²) in [4.78, 5) is 27.0. The van der Waals surface area contributed by atoms with Gasteiger partial charge >= 0.3 is 0 Å². The fourth-order valence-corrected chi connectivity index (χ4v) is 4.12. The molecule has 1 fully saturated rings. The zero-order valence-electron chi connectivity index (χ0n) is 18.7. The van der Waals surface area contributed by atoms with Crippen LogP contribution in [0.3, 0.4) is 0 Å². The van der Waals surface area contributed by atoms with Gasteiger partial charge in [-0.3, -0.25) is 19.8 Å². The van der Waals surface area contributed by atoms with Crippen molar-refractivity contribution in [2.75, 3.05) is 11.5 Å². The number of amides is 2. The maximum Gasteiger partial charge on any atom is 0.270 e. The van der Waals surface area contributed by atoms with Gasteiger partial charge in [-0.05, 0) is 86.2 Å². The molecule has 0 spiro atoms. The summed E-state index contributed by atoms with van der Waals surface area (Å²) < 4.78 is 21.3.